The van der Waals surface area contributed by atoms with E-state index in [-0.39, 0.29) is 54.6 Å². The highest BCUT2D eigenvalue weighted by Crippen LogP contribution is 2.43. The summed E-state index contributed by atoms with van der Waals surface area (Å²) in [5, 5.41) is 5.72. The normalized spacial score (nSPS) is 24.2. The Hall–Kier alpha value is -1.71. The van der Waals surface area contributed by atoms with Gasteiger partial charge in [0.25, 0.3) is 0 Å². The van der Waals surface area contributed by atoms with Crippen molar-refractivity contribution in [2.24, 2.45) is 5.92 Å². The Kier molecular flexibility index (Phi) is 8.69. The van der Waals surface area contributed by atoms with Crippen LogP contribution in [-0.4, -0.2) is 63.6 Å². The summed E-state index contributed by atoms with van der Waals surface area (Å²) in [5.74, 6) is -0.154. The second-order valence-corrected chi connectivity index (χ2v) is 15.1. The van der Waals surface area contributed by atoms with Crippen LogP contribution in [-0.2, 0) is 23.5 Å². The van der Waals surface area contributed by atoms with Gasteiger partial charge in [-0.3, -0.25) is 9.59 Å². The summed E-state index contributed by atoms with van der Waals surface area (Å²) in [7, 11) is -2.06. The third kappa shape index (κ3) is 6.20. The van der Waals surface area contributed by atoms with Crippen molar-refractivity contribution in [1.29, 1.82) is 0 Å². The van der Waals surface area contributed by atoms with Crippen LogP contribution in [0.2, 0.25) is 18.1 Å². The number of carbonyl (C=O) groups is 3. The van der Waals surface area contributed by atoms with Gasteiger partial charge in [-0.2, -0.15) is 0 Å². The Bertz CT molecular complexity index is 708. The summed E-state index contributed by atoms with van der Waals surface area (Å²) >= 11 is 0. The fourth-order valence-electron chi connectivity index (χ4n) is 4.14. The van der Waals surface area contributed by atoms with Gasteiger partial charge in [-0.05, 0) is 37.9 Å². The van der Waals surface area contributed by atoms with Gasteiger partial charge in [0.15, 0.2) is 8.32 Å². The quantitative estimate of drug-likeness (QED) is 0.221. The first kappa shape index (κ1) is 26.5. The molecule has 1 saturated heterocycles. The fourth-order valence-corrected chi connectivity index (χ4v) is 5.57. The third-order valence-corrected chi connectivity index (χ3v) is 11.6. The van der Waals surface area contributed by atoms with Crippen molar-refractivity contribution in [3.63, 3.8) is 0 Å². The SMILES string of the molecule is C=CCOC(=O)NCCOC1(C2NC(=O)C2[C@@H](C)O[Si](C)(C)C(C)(C)C)CCC(=O)CC1. The molecule has 1 saturated carbocycles. The highest BCUT2D eigenvalue weighted by Gasteiger charge is 2.57. The molecule has 1 heterocycles. The van der Waals surface area contributed by atoms with Gasteiger partial charge >= 0.3 is 6.09 Å². The van der Waals surface area contributed by atoms with Gasteiger partial charge in [0, 0.05) is 19.4 Å². The van der Waals surface area contributed by atoms with E-state index in [1.54, 1.807) is 0 Å². The average Bonchev–Trinajstić information content (AvgIpc) is 2.68. The lowest BCUT2D eigenvalue weighted by Gasteiger charge is -2.53. The molecule has 0 aromatic heterocycles. The van der Waals surface area contributed by atoms with Crippen LogP contribution in [0.25, 0.3) is 0 Å². The molecule has 0 bridgehead atoms. The van der Waals surface area contributed by atoms with Gasteiger partial charge in [0.05, 0.1) is 30.3 Å². The number of ether oxygens (including phenoxy) is 2. The monoisotopic (exact) mass is 468 g/mol. The zero-order valence-corrected chi connectivity index (χ0v) is 21.4. The molecular weight excluding hydrogens is 428 g/mol. The van der Waals surface area contributed by atoms with Crippen LogP contribution >= 0.6 is 0 Å². The molecule has 2 amide bonds. The lowest BCUT2D eigenvalue weighted by Crippen LogP contribution is -2.73. The lowest BCUT2D eigenvalue weighted by molar-refractivity contribution is -0.168. The first-order valence-electron chi connectivity index (χ1n) is 11.5. The van der Waals surface area contributed by atoms with E-state index in [2.05, 4.69) is 51.1 Å². The number of hydrogen-bond donors (Lipinski definition) is 2. The van der Waals surface area contributed by atoms with Crippen LogP contribution < -0.4 is 10.6 Å². The van der Waals surface area contributed by atoms with Crippen molar-refractivity contribution in [2.45, 2.75) is 89.3 Å². The molecular formula is C23H40N2O6Si. The predicted octanol–water partition coefficient (Wildman–Crippen LogP) is 3.32. The van der Waals surface area contributed by atoms with E-state index in [0.717, 1.165) is 0 Å². The van der Waals surface area contributed by atoms with Crippen molar-refractivity contribution in [3.8, 4) is 0 Å². The number of β-lactam (4-membered cyclic amide) rings is 1. The Morgan fingerprint density at radius 2 is 1.94 bits per heavy atom. The zero-order valence-electron chi connectivity index (χ0n) is 20.4. The highest BCUT2D eigenvalue weighted by molar-refractivity contribution is 6.74. The smallest absolute Gasteiger partial charge is 0.407 e. The number of amides is 2. The van der Waals surface area contributed by atoms with Gasteiger partial charge in [0.1, 0.15) is 12.4 Å². The summed E-state index contributed by atoms with van der Waals surface area (Å²) < 4.78 is 17.7. The van der Waals surface area contributed by atoms with E-state index >= 15 is 0 Å². The van der Waals surface area contributed by atoms with Crippen LogP contribution in [0.15, 0.2) is 12.7 Å². The first-order chi connectivity index (χ1) is 14.8. The standard InChI is InChI=1S/C23H40N2O6Si/c1-8-14-29-21(28)24-13-15-30-23(11-9-17(26)10-12-23)19-18(20(27)25-19)16(2)31-32(6,7)22(3,4)5/h8,16,18-19H,1,9-15H2,2-7H3,(H,24,28)(H,25,27)/t16-,18?,19?/m1/s1. The molecule has 3 atom stereocenters. The minimum atomic E-state index is -2.06. The van der Waals surface area contributed by atoms with Crippen molar-refractivity contribution >= 4 is 26.1 Å². The van der Waals surface area contributed by atoms with Crippen LogP contribution in [0.1, 0.15) is 53.4 Å². The maximum absolute atomic E-state index is 12.6. The van der Waals surface area contributed by atoms with E-state index in [1.165, 1.54) is 6.08 Å². The predicted molar refractivity (Wildman–Crippen MR) is 125 cm³/mol. The average molecular weight is 469 g/mol. The van der Waals surface area contributed by atoms with E-state index in [0.29, 0.717) is 25.7 Å². The molecule has 1 aliphatic carbocycles. The van der Waals surface area contributed by atoms with Gasteiger partial charge in [-0.1, -0.05) is 33.4 Å². The maximum Gasteiger partial charge on any atom is 0.407 e. The van der Waals surface area contributed by atoms with Crippen molar-refractivity contribution in [2.75, 3.05) is 19.8 Å². The number of alkyl carbamates (subject to hydrolysis) is 1. The molecule has 182 valence electrons. The molecule has 2 rings (SSSR count). The van der Waals surface area contributed by atoms with Crippen LogP contribution in [0.5, 0.6) is 0 Å². The highest BCUT2D eigenvalue weighted by atomic mass is 28.4. The third-order valence-electron chi connectivity index (χ3n) is 7.07. The first-order valence-corrected chi connectivity index (χ1v) is 14.4. The number of hydrogen-bond acceptors (Lipinski definition) is 6. The molecule has 9 heteroatoms. The largest absolute Gasteiger partial charge is 0.445 e. The van der Waals surface area contributed by atoms with Crippen molar-refractivity contribution in [3.05, 3.63) is 12.7 Å². The van der Waals surface area contributed by atoms with Gasteiger partial charge in [-0.15, -0.1) is 0 Å². The Balaban J connectivity index is 2.07. The van der Waals surface area contributed by atoms with Crippen LogP contribution in [0.4, 0.5) is 4.79 Å². The Labute approximate surface area is 192 Å². The number of Topliss-reactive ketones (excluding diaryl/α,β-unsaturated/α-hetero) is 1. The second kappa shape index (κ2) is 10.5. The molecule has 8 nitrogen and oxygen atoms in total. The molecule has 0 aromatic carbocycles. The lowest BCUT2D eigenvalue weighted by atomic mass is 9.69. The molecule has 2 fully saturated rings. The van der Waals surface area contributed by atoms with Gasteiger partial charge in [-0.25, -0.2) is 4.79 Å². The van der Waals surface area contributed by atoms with E-state index in [9.17, 15) is 14.4 Å². The Morgan fingerprint density at radius 1 is 1.31 bits per heavy atom. The summed E-state index contributed by atoms with van der Waals surface area (Å²) in [6, 6.07) is -0.226. The summed E-state index contributed by atoms with van der Waals surface area (Å²) in [4.78, 5) is 36.2. The molecule has 2 aliphatic rings. The molecule has 0 spiro atoms. The van der Waals surface area contributed by atoms with E-state index in [4.69, 9.17) is 13.9 Å². The van der Waals surface area contributed by atoms with E-state index in [1.807, 2.05) is 6.92 Å². The fraction of sp³-hybridized carbons (Fsp3) is 0.783. The summed E-state index contributed by atoms with van der Waals surface area (Å²) in [6.07, 6.45) is 2.64. The Morgan fingerprint density at radius 3 is 2.47 bits per heavy atom. The summed E-state index contributed by atoms with van der Waals surface area (Å²) in [5.41, 5.74) is -0.649. The van der Waals surface area contributed by atoms with E-state index < -0.39 is 20.0 Å². The van der Waals surface area contributed by atoms with Crippen molar-refractivity contribution in [1.82, 2.24) is 10.6 Å². The molecule has 0 aromatic rings. The second-order valence-electron chi connectivity index (χ2n) is 10.4. The molecule has 2 N–H and O–H groups in total. The topological polar surface area (TPSA) is 103 Å². The minimum absolute atomic E-state index is 0.0350. The number of ketones is 1. The number of rotatable bonds is 10. The molecule has 32 heavy (non-hydrogen) atoms. The summed E-state index contributed by atoms with van der Waals surface area (Å²) in [6.45, 7) is 17.0. The molecule has 0 radical (unpaired) electrons. The number of carbonyl (C=O) groups excluding carboxylic acids is 3. The zero-order chi connectivity index (χ0) is 24.2. The van der Waals surface area contributed by atoms with Crippen LogP contribution in [0.3, 0.4) is 0 Å². The van der Waals surface area contributed by atoms with Crippen LogP contribution in [0, 0.1) is 5.92 Å². The molecule has 1 aliphatic heterocycles. The van der Waals surface area contributed by atoms with Gasteiger partial charge in [0.2, 0.25) is 5.91 Å². The number of nitrogens with one attached hydrogen (secondary N) is 2. The van der Waals surface area contributed by atoms with Gasteiger partial charge < -0.3 is 24.5 Å². The maximum atomic E-state index is 12.6. The molecule has 2 unspecified atom stereocenters. The minimum Gasteiger partial charge on any atom is -0.445 e. The van der Waals surface area contributed by atoms with Crippen molar-refractivity contribution < 1.29 is 28.3 Å².